The van der Waals surface area contributed by atoms with Crippen molar-refractivity contribution in [3.8, 4) is 0 Å². The molecular formula is C2H4F3NO2S. The van der Waals surface area contributed by atoms with Crippen LogP contribution in [0.25, 0.3) is 0 Å². The Hall–Kier alpha value is -0.300. The first-order valence-electron chi connectivity index (χ1n) is 1.81. The molecule has 0 saturated carbocycles. The summed E-state index contributed by atoms with van der Waals surface area (Å²) in [5.41, 5.74) is -5.19. The molecule has 0 aromatic heterocycles. The average molecular weight is 163 g/mol. The maximum Gasteiger partial charge on any atom is 0.511 e. The first-order chi connectivity index (χ1) is 3.81. The lowest BCUT2D eigenvalue weighted by Crippen LogP contribution is -2.33. The molecular weight excluding hydrogens is 159 g/mol. The molecule has 0 aliphatic carbocycles. The van der Waals surface area contributed by atoms with Crippen LogP contribution in [0.4, 0.5) is 13.2 Å². The highest BCUT2D eigenvalue weighted by molar-refractivity contribution is 7.90. The van der Waals surface area contributed by atoms with Crippen molar-refractivity contribution >= 4 is 10.0 Å². The van der Waals surface area contributed by atoms with E-state index in [1.54, 1.807) is 0 Å². The standard InChI is InChI=1S/C2H4F3NO2S/c1-6-9(7,8)2(3,4)5/h6H,1H3. The van der Waals surface area contributed by atoms with Crippen LogP contribution in [0.3, 0.4) is 0 Å². The van der Waals surface area contributed by atoms with E-state index in [0.29, 0.717) is 7.05 Å². The lowest BCUT2D eigenvalue weighted by molar-refractivity contribution is -0.0445. The van der Waals surface area contributed by atoms with Crippen molar-refractivity contribution in [1.29, 1.82) is 0 Å². The first-order valence-corrected chi connectivity index (χ1v) is 3.29. The van der Waals surface area contributed by atoms with Gasteiger partial charge in [0, 0.05) is 0 Å². The fraction of sp³-hybridized carbons (Fsp3) is 1.00. The Morgan fingerprint density at radius 1 is 1.33 bits per heavy atom. The molecule has 0 bridgehead atoms. The quantitative estimate of drug-likeness (QED) is 0.593. The van der Waals surface area contributed by atoms with E-state index < -0.39 is 15.5 Å². The number of halogens is 3. The van der Waals surface area contributed by atoms with Crippen LogP contribution in [0.15, 0.2) is 0 Å². The molecule has 0 fully saturated rings. The van der Waals surface area contributed by atoms with Crippen LogP contribution in [0.1, 0.15) is 0 Å². The van der Waals surface area contributed by atoms with E-state index in [2.05, 4.69) is 0 Å². The van der Waals surface area contributed by atoms with E-state index in [0.717, 1.165) is 4.72 Å². The molecule has 0 heterocycles. The third-order valence-corrected chi connectivity index (χ3v) is 1.72. The van der Waals surface area contributed by atoms with E-state index in [1.807, 2.05) is 0 Å². The van der Waals surface area contributed by atoms with Gasteiger partial charge >= 0.3 is 15.5 Å². The minimum Gasteiger partial charge on any atom is -0.210 e. The fourth-order valence-electron chi connectivity index (χ4n) is 0.116. The van der Waals surface area contributed by atoms with E-state index in [-0.39, 0.29) is 0 Å². The smallest absolute Gasteiger partial charge is 0.210 e. The van der Waals surface area contributed by atoms with Gasteiger partial charge in [-0.2, -0.15) is 13.2 Å². The number of rotatable bonds is 1. The Labute approximate surface area is 49.9 Å². The van der Waals surface area contributed by atoms with Gasteiger partial charge in [0.05, 0.1) is 0 Å². The number of alkyl halides is 3. The predicted octanol–water partition coefficient (Wildman–Crippen LogP) is 0.0554. The molecule has 0 saturated heterocycles. The maximum absolute atomic E-state index is 11.2. The SMILES string of the molecule is CNS(=O)(=O)C(F)(F)F. The van der Waals surface area contributed by atoms with Crippen molar-refractivity contribution in [3.63, 3.8) is 0 Å². The first kappa shape index (κ1) is 8.70. The van der Waals surface area contributed by atoms with Crippen molar-refractivity contribution in [3.05, 3.63) is 0 Å². The summed E-state index contributed by atoms with van der Waals surface area (Å²) >= 11 is 0. The van der Waals surface area contributed by atoms with Crippen LogP contribution in [0, 0.1) is 0 Å². The van der Waals surface area contributed by atoms with Gasteiger partial charge < -0.3 is 0 Å². The zero-order valence-electron chi connectivity index (χ0n) is 4.36. The van der Waals surface area contributed by atoms with Gasteiger partial charge in [0.1, 0.15) is 0 Å². The molecule has 0 aliphatic heterocycles. The lowest BCUT2D eigenvalue weighted by atomic mass is 11.5. The molecule has 0 aliphatic rings. The second-order valence-corrected chi connectivity index (χ2v) is 3.03. The topological polar surface area (TPSA) is 46.2 Å². The van der Waals surface area contributed by atoms with Crippen LogP contribution in [-0.2, 0) is 10.0 Å². The van der Waals surface area contributed by atoms with E-state index in [4.69, 9.17) is 0 Å². The van der Waals surface area contributed by atoms with Gasteiger partial charge in [-0.05, 0) is 7.05 Å². The summed E-state index contributed by atoms with van der Waals surface area (Å²) in [7, 11) is -4.39. The molecule has 3 nitrogen and oxygen atoms in total. The Morgan fingerprint density at radius 3 is 1.67 bits per heavy atom. The molecule has 0 rings (SSSR count). The molecule has 0 atom stereocenters. The number of hydrogen-bond acceptors (Lipinski definition) is 2. The van der Waals surface area contributed by atoms with Gasteiger partial charge in [-0.3, -0.25) is 0 Å². The normalized spacial score (nSPS) is 13.8. The fourth-order valence-corrected chi connectivity index (χ4v) is 0.347. The van der Waals surface area contributed by atoms with Crippen LogP contribution in [0.5, 0.6) is 0 Å². The van der Waals surface area contributed by atoms with Crippen molar-refractivity contribution in [1.82, 2.24) is 4.72 Å². The maximum atomic E-state index is 11.2. The second-order valence-electron chi connectivity index (χ2n) is 1.15. The highest BCUT2D eigenvalue weighted by Gasteiger charge is 2.44. The van der Waals surface area contributed by atoms with Gasteiger partial charge in [0.25, 0.3) is 0 Å². The van der Waals surface area contributed by atoms with Gasteiger partial charge in [0.15, 0.2) is 0 Å². The third-order valence-electron chi connectivity index (χ3n) is 0.573. The molecule has 0 spiro atoms. The molecule has 0 radical (unpaired) electrons. The number of hydrogen-bond donors (Lipinski definition) is 1. The van der Waals surface area contributed by atoms with Crippen LogP contribution in [0.2, 0.25) is 0 Å². The molecule has 7 heteroatoms. The highest BCUT2D eigenvalue weighted by Crippen LogP contribution is 2.20. The molecule has 1 N–H and O–H groups in total. The summed E-state index contributed by atoms with van der Waals surface area (Å²) in [6.45, 7) is 0. The molecule has 0 amide bonds. The Kier molecular flexibility index (Phi) is 2.07. The van der Waals surface area contributed by atoms with E-state index in [9.17, 15) is 21.6 Å². The van der Waals surface area contributed by atoms with Crippen LogP contribution in [-0.4, -0.2) is 21.0 Å². The van der Waals surface area contributed by atoms with Crippen molar-refractivity contribution in [2.24, 2.45) is 0 Å². The van der Waals surface area contributed by atoms with Crippen molar-refractivity contribution in [2.75, 3.05) is 7.05 Å². The van der Waals surface area contributed by atoms with Gasteiger partial charge in [-0.1, -0.05) is 0 Å². The molecule has 9 heavy (non-hydrogen) atoms. The Balaban J connectivity index is 4.57. The molecule has 0 unspecified atom stereocenters. The predicted molar refractivity (Wildman–Crippen MR) is 24.0 cm³/mol. The summed E-state index contributed by atoms with van der Waals surface area (Å²) in [5.74, 6) is 0. The highest BCUT2D eigenvalue weighted by atomic mass is 32.2. The number of nitrogens with one attached hydrogen (secondary N) is 1. The minimum absolute atomic E-state index is 0.697. The van der Waals surface area contributed by atoms with E-state index >= 15 is 0 Å². The average Bonchev–Trinajstić information content (AvgIpc) is 1.64. The van der Waals surface area contributed by atoms with Gasteiger partial charge in [0.2, 0.25) is 0 Å². The summed E-state index contributed by atoms with van der Waals surface area (Å²) in [5, 5.41) is 0. The summed E-state index contributed by atoms with van der Waals surface area (Å²) in [6, 6.07) is 0. The van der Waals surface area contributed by atoms with Gasteiger partial charge in [-0.25, -0.2) is 13.1 Å². The Morgan fingerprint density at radius 2 is 1.67 bits per heavy atom. The van der Waals surface area contributed by atoms with E-state index in [1.165, 1.54) is 0 Å². The van der Waals surface area contributed by atoms with Crippen LogP contribution < -0.4 is 4.72 Å². The molecule has 56 valence electrons. The monoisotopic (exact) mass is 163 g/mol. The molecule has 0 aromatic carbocycles. The summed E-state index contributed by atoms with van der Waals surface area (Å²) < 4.78 is 54.2. The molecule has 0 aromatic rings. The minimum atomic E-state index is -5.19. The largest absolute Gasteiger partial charge is 0.511 e. The van der Waals surface area contributed by atoms with Crippen LogP contribution >= 0.6 is 0 Å². The Bertz CT molecular complexity index is 180. The summed E-state index contributed by atoms with van der Waals surface area (Å²) in [4.78, 5) is 0. The second kappa shape index (κ2) is 2.14. The third kappa shape index (κ3) is 1.83. The lowest BCUT2D eigenvalue weighted by Gasteiger charge is -2.03. The number of sulfonamides is 1. The zero-order chi connectivity index (χ0) is 7.71. The van der Waals surface area contributed by atoms with Crippen molar-refractivity contribution < 1.29 is 21.6 Å². The zero-order valence-corrected chi connectivity index (χ0v) is 5.18. The van der Waals surface area contributed by atoms with Gasteiger partial charge in [-0.15, -0.1) is 0 Å². The van der Waals surface area contributed by atoms with Crippen molar-refractivity contribution in [2.45, 2.75) is 5.51 Å². The summed E-state index contributed by atoms with van der Waals surface area (Å²) in [6.07, 6.45) is 0.